The number of benzene rings is 1. The molecule has 0 radical (unpaired) electrons. The number of rotatable bonds is 4. The van der Waals surface area contributed by atoms with Crippen molar-refractivity contribution in [3.8, 4) is 0 Å². The third-order valence-corrected chi connectivity index (χ3v) is 2.58. The standard InChI is InChI=1S/C12H17F2N/c1-4-8(2)15-9(3)11-6-5-10(13)7-12(11)14/h5-9,15H,4H2,1-3H3/t8-,9-/m0/s1. The molecule has 1 N–H and O–H groups in total. The number of nitrogens with one attached hydrogen (secondary N) is 1. The van der Waals surface area contributed by atoms with E-state index in [9.17, 15) is 8.78 Å². The number of hydrogen-bond donors (Lipinski definition) is 1. The van der Waals surface area contributed by atoms with E-state index < -0.39 is 11.6 Å². The molecule has 0 aliphatic rings. The fourth-order valence-corrected chi connectivity index (χ4v) is 1.49. The Morgan fingerprint density at radius 3 is 2.47 bits per heavy atom. The highest BCUT2D eigenvalue weighted by molar-refractivity contribution is 5.21. The van der Waals surface area contributed by atoms with E-state index in [2.05, 4.69) is 12.2 Å². The summed E-state index contributed by atoms with van der Waals surface area (Å²) < 4.78 is 26.1. The van der Waals surface area contributed by atoms with Crippen molar-refractivity contribution in [3.63, 3.8) is 0 Å². The average molecular weight is 213 g/mol. The lowest BCUT2D eigenvalue weighted by molar-refractivity contribution is 0.452. The van der Waals surface area contributed by atoms with Crippen LogP contribution in [0.3, 0.4) is 0 Å². The minimum Gasteiger partial charge on any atom is -0.308 e. The van der Waals surface area contributed by atoms with E-state index in [1.165, 1.54) is 12.1 Å². The maximum atomic E-state index is 13.4. The summed E-state index contributed by atoms with van der Waals surface area (Å²) in [6, 6.07) is 3.92. The SMILES string of the molecule is CC[C@H](C)N[C@@H](C)c1ccc(F)cc1F. The minimum atomic E-state index is -0.535. The summed E-state index contributed by atoms with van der Waals surface area (Å²) in [5.41, 5.74) is 0.511. The molecule has 1 aromatic rings. The van der Waals surface area contributed by atoms with Gasteiger partial charge in [0.1, 0.15) is 11.6 Å². The highest BCUT2D eigenvalue weighted by atomic mass is 19.1. The van der Waals surface area contributed by atoms with E-state index in [0.29, 0.717) is 11.6 Å². The average Bonchev–Trinajstić information content (AvgIpc) is 2.17. The highest BCUT2D eigenvalue weighted by Crippen LogP contribution is 2.18. The first-order valence-electron chi connectivity index (χ1n) is 5.25. The van der Waals surface area contributed by atoms with Crippen LogP contribution in [0.2, 0.25) is 0 Å². The third-order valence-electron chi connectivity index (χ3n) is 2.58. The molecule has 1 rings (SSSR count). The van der Waals surface area contributed by atoms with Gasteiger partial charge in [-0.05, 0) is 26.3 Å². The molecule has 0 saturated heterocycles. The van der Waals surface area contributed by atoms with Gasteiger partial charge in [0.25, 0.3) is 0 Å². The fraction of sp³-hybridized carbons (Fsp3) is 0.500. The second kappa shape index (κ2) is 5.21. The Morgan fingerprint density at radius 1 is 1.27 bits per heavy atom. The second-order valence-electron chi connectivity index (χ2n) is 3.86. The smallest absolute Gasteiger partial charge is 0.130 e. The monoisotopic (exact) mass is 213 g/mol. The Kier molecular flexibility index (Phi) is 4.21. The number of halogens is 2. The van der Waals surface area contributed by atoms with Crippen LogP contribution in [0.15, 0.2) is 18.2 Å². The van der Waals surface area contributed by atoms with Crippen molar-refractivity contribution in [1.82, 2.24) is 5.32 Å². The molecule has 84 valence electrons. The molecule has 0 heterocycles. The van der Waals surface area contributed by atoms with Crippen LogP contribution < -0.4 is 5.32 Å². The molecule has 2 atom stereocenters. The van der Waals surface area contributed by atoms with Crippen LogP contribution in [0, 0.1) is 11.6 Å². The lowest BCUT2D eigenvalue weighted by Gasteiger charge is -2.19. The zero-order valence-electron chi connectivity index (χ0n) is 9.35. The Labute approximate surface area is 89.5 Å². The van der Waals surface area contributed by atoms with Crippen molar-refractivity contribution < 1.29 is 8.78 Å². The van der Waals surface area contributed by atoms with Crippen LogP contribution in [0.5, 0.6) is 0 Å². The second-order valence-corrected chi connectivity index (χ2v) is 3.86. The summed E-state index contributed by atoms with van der Waals surface area (Å²) >= 11 is 0. The van der Waals surface area contributed by atoms with Crippen LogP contribution in [0.1, 0.15) is 38.8 Å². The molecular weight excluding hydrogens is 196 g/mol. The Balaban J connectivity index is 2.77. The van der Waals surface area contributed by atoms with Gasteiger partial charge in [-0.3, -0.25) is 0 Å². The summed E-state index contributed by atoms with van der Waals surface area (Å²) in [5.74, 6) is -1.02. The molecule has 0 saturated carbocycles. The van der Waals surface area contributed by atoms with Gasteiger partial charge in [0.05, 0.1) is 0 Å². The molecule has 3 heteroatoms. The highest BCUT2D eigenvalue weighted by Gasteiger charge is 2.12. The first kappa shape index (κ1) is 12.1. The van der Waals surface area contributed by atoms with Gasteiger partial charge in [0.15, 0.2) is 0 Å². The summed E-state index contributed by atoms with van der Waals surface area (Å²) in [4.78, 5) is 0. The van der Waals surface area contributed by atoms with E-state index in [1.807, 2.05) is 13.8 Å². The van der Waals surface area contributed by atoms with Crippen molar-refractivity contribution in [2.45, 2.75) is 39.3 Å². The fourth-order valence-electron chi connectivity index (χ4n) is 1.49. The van der Waals surface area contributed by atoms with Gasteiger partial charge in [-0.15, -0.1) is 0 Å². The van der Waals surface area contributed by atoms with Gasteiger partial charge in [-0.2, -0.15) is 0 Å². The minimum absolute atomic E-state index is 0.0967. The van der Waals surface area contributed by atoms with Gasteiger partial charge in [0.2, 0.25) is 0 Å². The molecule has 0 bridgehead atoms. The van der Waals surface area contributed by atoms with E-state index in [4.69, 9.17) is 0 Å². The van der Waals surface area contributed by atoms with Crippen molar-refractivity contribution in [3.05, 3.63) is 35.4 Å². The van der Waals surface area contributed by atoms with E-state index in [1.54, 1.807) is 0 Å². The van der Waals surface area contributed by atoms with Crippen LogP contribution in [0.25, 0.3) is 0 Å². The van der Waals surface area contributed by atoms with Gasteiger partial charge in [-0.25, -0.2) is 8.78 Å². The third kappa shape index (κ3) is 3.27. The predicted molar refractivity (Wildman–Crippen MR) is 57.7 cm³/mol. The van der Waals surface area contributed by atoms with E-state index in [0.717, 1.165) is 12.5 Å². The molecular formula is C12H17F2N. The Morgan fingerprint density at radius 2 is 1.93 bits per heavy atom. The normalized spacial score (nSPS) is 15.0. The molecule has 0 fully saturated rings. The topological polar surface area (TPSA) is 12.0 Å². The molecule has 0 amide bonds. The van der Waals surface area contributed by atoms with Crippen LogP contribution >= 0.6 is 0 Å². The molecule has 15 heavy (non-hydrogen) atoms. The summed E-state index contributed by atoms with van der Waals surface area (Å²) in [5, 5.41) is 3.24. The number of hydrogen-bond acceptors (Lipinski definition) is 1. The van der Waals surface area contributed by atoms with Gasteiger partial charge >= 0.3 is 0 Å². The lowest BCUT2D eigenvalue weighted by atomic mass is 10.1. The van der Waals surface area contributed by atoms with Crippen molar-refractivity contribution >= 4 is 0 Å². The molecule has 1 nitrogen and oxygen atoms in total. The van der Waals surface area contributed by atoms with Crippen LogP contribution in [-0.2, 0) is 0 Å². The van der Waals surface area contributed by atoms with Gasteiger partial charge in [0, 0.05) is 23.7 Å². The first-order valence-corrected chi connectivity index (χ1v) is 5.25. The molecule has 0 aliphatic carbocycles. The molecule has 0 spiro atoms. The van der Waals surface area contributed by atoms with E-state index in [-0.39, 0.29) is 6.04 Å². The van der Waals surface area contributed by atoms with Crippen molar-refractivity contribution in [1.29, 1.82) is 0 Å². The Bertz CT molecular complexity index is 325. The molecule has 0 aliphatic heterocycles. The van der Waals surface area contributed by atoms with Crippen molar-refractivity contribution in [2.24, 2.45) is 0 Å². The summed E-state index contributed by atoms with van der Waals surface area (Å²) in [7, 11) is 0. The summed E-state index contributed by atoms with van der Waals surface area (Å²) in [6.07, 6.45) is 0.979. The zero-order valence-corrected chi connectivity index (χ0v) is 9.35. The summed E-state index contributed by atoms with van der Waals surface area (Å²) in [6.45, 7) is 5.98. The van der Waals surface area contributed by atoms with Crippen LogP contribution in [0.4, 0.5) is 8.78 Å². The van der Waals surface area contributed by atoms with Crippen molar-refractivity contribution in [2.75, 3.05) is 0 Å². The molecule has 0 aromatic heterocycles. The molecule has 1 aromatic carbocycles. The molecule has 0 unspecified atom stereocenters. The first-order chi connectivity index (χ1) is 7.04. The quantitative estimate of drug-likeness (QED) is 0.808. The Hall–Kier alpha value is -0.960. The van der Waals surface area contributed by atoms with Gasteiger partial charge < -0.3 is 5.32 Å². The predicted octanol–water partition coefficient (Wildman–Crippen LogP) is 3.41. The van der Waals surface area contributed by atoms with Gasteiger partial charge in [-0.1, -0.05) is 13.0 Å². The lowest BCUT2D eigenvalue weighted by Crippen LogP contribution is -2.28. The maximum Gasteiger partial charge on any atom is 0.130 e. The largest absolute Gasteiger partial charge is 0.308 e. The zero-order chi connectivity index (χ0) is 11.4. The maximum absolute atomic E-state index is 13.4. The van der Waals surface area contributed by atoms with E-state index >= 15 is 0 Å². The van der Waals surface area contributed by atoms with Crippen LogP contribution in [-0.4, -0.2) is 6.04 Å².